The number of carboxylic acids is 1. The van der Waals surface area contributed by atoms with Gasteiger partial charge < -0.3 is 9.84 Å². The van der Waals surface area contributed by atoms with Crippen LogP contribution in [0.25, 0.3) is 16.3 Å². The van der Waals surface area contributed by atoms with Crippen LogP contribution in [0.2, 0.25) is 0 Å². The highest BCUT2D eigenvalue weighted by molar-refractivity contribution is 7.12. The van der Waals surface area contributed by atoms with E-state index in [1.807, 2.05) is 36.4 Å². The maximum absolute atomic E-state index is 12.6. The summed E-state index contributed by atoms with van der Waals surface area (Å²) in [7, 11) is 0. The normalized spacial score (nSPS) is 12.3. The van der Waals surface area contributed by atoms with Gasteiger partial charge in [-0.1, -0.05) is 48.5 Å². The first kappa shape index (κ1) is 19.0. The number of hydrogen-bond donors (Lipinski definition) is 2. The van der Waals surface area contributed by atoms with Crippen molar-refractivity contribution in [2.24, 2.45) is 0 Å². The molecule has 0 fully saturated rings. The van der Waals surface area contributed by atoms with Gasteiger partial charge in [-0.15, -0.1) is 11.3 Å². The first-order chi connectivity index (χ1) is 15.1. The second-order valence-electron chi connectivity index (χ2n) is 6.89. The zero-order valence-electron chi connectivity index (χ0n) is 16.1. The molecule has 1 aliphatic carbocycles. The van der Waals surface area contributed by atoms with Crippen molar-refractivity contribution in [3.63, 3.8) is 0 Å². The van der Waals surface area contributed by atoms with Crippen LogP contribution in [0.3, 0.4) is 0 Å². The molecule has 5 rings (SSSR count). The monoisotopic (exact) mass is 432 g/mol. The maximum Gasteiger partial charge on any atom is 0.412 e. The molecule has 9 heteroatoms. The fraction of sp³-hybridized carbons (Fsp3) is 0.0909. The zero-order valence-corrected chi connectivity index (χ0v) is 16.9. The molecular formula is C22H16N4O4S. The van der Waals surface area contributed by atoms with E-state index in [0.717, 1.165) is 22.3 Å². The van der Waals surface area contributed by atoms with E-state index in [1.165, 1.54) is 22.2 Å². The van der Waals surface area contributed by atoms with Crippen molar-refractivity contribution < 1.29 is 19.4 Å². The van der Waals surface area contributed by atoms with Crippen LogP contribution in [0.15, 0.2) is 66.3 Å². The summed E-state index contributed by atoms with van der Waals surface area (Å²) in [5.41, 5.74) is 4.29. The number of benzene rings is 2. The highest BCUT2D eigenvalue weighted by Gasteiger charge is 2.29. The molecule has 2 N–H and O–H groups in total. The predicted octanol–water partition coefficient (Wildman–Crippen LogP) is 4.39. The Morgan fingerprint density at radius 3 is 2.39 bits per heavy atom. The van der Waals surface area contributed by atoms with E-state index in [9.17, 15) is 14.7 Å². The molecule has 0 unspecified atom stereocenters. The average Bonchev–Trinajstić information content (AvgIpc) is 3.50. The van der Waals surface area contributed by atoms with Gasteiger partial charge in [0.1, 0.15) is 12.2 Å². The van der Waals surface area contributed by atoms with Crippen LogP contribution in [0.5, 0.6) is 0 Å². The van der Waals surface area contributed by atoms with Crippen molar-refractivity contribution in [2.45, 2.75) is 5.92 Å². The van der Waals surface area contributed by atoms with E-state index in [1.54, 1.807) is 11.6 Å². The standard InChI is InChI=1S/C22H16N4O4S/c27-20(28)17-11-24-26(21-23-9-10-31-21)19(17)25-22(29)30-12-18-15-7-3-1-5-13(15)14-6-2-4-8-16(14)18/h1-11,18H,12H2,(H,25,29)(H,27,28). The molecule has 0 bridgehead atoms. The van der Waals surface area contributed by atoms with E-state index < -0.39 is 12.1 Å². The molecule has 2 heterocycles. The van der Waals surface area contributed by atoms with Gasteiger partial charge in [0.05, 0.1) is 6.20 Å². The minimum atomic E-state index is -1.21. The highest BCUT2D eigenvalue weighted by atomic mass is 32.1. The van der Waals surface area contributed by atoms with E-state index >= 15 is 0 Å². The van der Waals surface area contributed by atoms with Crippen LogP contribution in [-0.4, -0.2) is 38.5 Å². The quantitative estimate of drug-likeness (QED) is 0.485. The number of rotatable bonds is 5. The fourth-order valence-corrected chi connectivity index (χ4v) is 4.43. The topological polar surface area (TPSA) is 106 Å². The minimum absolute atomic E-state index is 0.000303. The van der Waals surface area contributed by atoms with Crippen molar-refractivity contribution in [3.8, 4) is 16.3 Å². The molecule has 0 aliphatic heterocycles. The average molecular weight is 432 g/mol. The summed E-state index contributed by atoms with van der Waals surface area (Å²) < 4.78 is 6.79. The number of nitrogens with zero attached hydrogens (tertiary/aromatic N) is 3. The lowest BCUT2D eigenvalue weighted by atomic mass is 9.98. The SMILES string of the molecule is O=C(Nc1c(C(=O)O)cnn1-c1nccs1)OCC1c2ccccc2-c2ccccc21. The molecule has 1 aliphatic rings. The Kier molecular flexibility index (Phi) is 4.72. The molecule has 1 amide bonds. The lowest BCUT2D eigenvalue weighted by Crippen LogP contribution is -2.21. The molecular weight excluding hydrogens is 416 g/mol. The van der Waals surface area contributed by atoms with E-state index in [-0.39, 0.29) is 23.9 Å². The number of carbonyl (C=O) groups excluding carboxylic acids is 1. The van der Waals surface area contributed by atoms with Crippen LogP contribution in [0.4, 0.5) is 10.6 Å². The Morgan fingerprint density at radius 2 is 1.77 bits per heavy atom. The summed E-state index contributed by atoms with van der Waals surface area (Å²) in [6, 6.07) is 16.1. The first-order valence-corrected chi connectivity index (χ1v) is 10.3. The smallest absolute Gasteiger partial charge is 0.412 e. The van der Waals surface area contributed by atoms with Crippen molar-refractivity contribution in [2.75, 3.05) is 11.9 Å². The van der Waals surface area contributed by atoms with Crippen molar-refractivity contribution in [1.82, 2.24) is 14.8 Å². The number of fused-ring (bicyclic) bond motifs is 3. The van der Waals surface area contributed by atoms with E-state index in [2.05, 4.69) is 27.5 Å². The largest absolute Gasteiger partial charge is 0.477 e. The molecule has 8 nitrogen and oxygen atoms in total. The number of ether oxygens (including phenoxy) is 1. The second kappa shape index (κ2) is 7.69. The molecule has 0 atom stereocenters. The number of nitrogens with one attached hydrogen (secondary N) is 1. The Hall–Kier alpha value is -3.98. The summed E-state index contributed by atoms with van der Waals surface area (Å²) in [6.07, 6.45) is 1.98. The van der Waals surface area contributed by atoms with Gasteiger partial charge >= 0.3 is 12.1 Å². The zero-order chi connectivity index (χ0) is 21.4. The number of thiazole rings is 1. The maximum atomic E-state index is 12.6. The van der Waals surface area contributed by atoms with Gasteiger partial charge in [-0.2, -0.15) is 9.78 Å². The van der Waals surface area contributed by atoms with Gasteiger partial charge in [0.25, 0.3) is 0 Å². The third kappa shape index (κ3) is 3.34. The first-order valence-electron chi connectivity index (χ1n) is 9.46. The molecule has 0 spiro atoms. The predicted molar refractivity (Wildman–Crippen MR) is 115 cm³/mol. The number of anilines is 1. The number of carbonyl (C=O) groups is 2. The van der Waals surface area contributed by atoms with E-state index in [0.29, 0.717) is 5.13 Å². The van der Waals surface area contributed by atoms with Crippen LogP contribution >= 0.6 is 11.3 Å². The van der Waals surface area contributed by atoms with Crippen molar-refractivity contribution in [1.29, 1.82) is 0 Å². The summed E-state index contributed by atoms with van der Waals surface area (Å²) in [6.45, 7) is 0.119. The lowest BCUT2D eigenvalue weighted by Gasteiger charge is -2.15. The van der Waals surface area contributed by atoms with Gasteiger partial charge in [0.2, 0.25) is 5.13 Å². The fourth-order valence-electron chi connectivity index (χ4n) is 3.82. The minimum Gasteiger partial charge on any atom is -0.477 e. The van der Waals surface area contributed by atoms with Crippen LogP contribution in [0.1, 0.15) is 27.4 Å². The van der Waals surface area contributed by atoms with Crippen LogP contribution in [0, 0.1) is 0 Å². The summed E-state index contributed by atoms with van der Waals surface area (Å²) in [5, 5.41) is 18.2. The summed E-state index contributed by atoms with van der Waals surface area (Å²) in [5.74, 6) is -1.31. The Labute approximate surface area is 180 Å². The molecule has 0 saturated carbocycles. The van der Waals surface area contributed by atoms with Crippen molar-refractivity contribution >= 4 is 29.2 Å². The molecule has 2 aromatic carbocycles. The molecule has 31 heavy (non-hydrogen) atoms. The van der Waals surface area contributed by atoms with Gasteiger partial charge in [-0.3, -0.25) is 5.32 Å². The van der Waals surface area contributed by atoms with Gasteiger partial charge in [-0.25, -0.2) is 14.6 Å². The number of carboxylic acid groups (broad SMARTS) is 1. The van der Waals surface area contributed by atoms with Crippen LogP contribution < -0.4 is 5.32 Å². The van der Waals surface area contributed by atoms with Crippen molar-refractivity contribution in [3.05, 3.63) is 83.0 Å². The molecule has 2 aromatic heterocycles. The van der Waals surface area contributed by atoms with Gasteiger partial charge in [-0.05, 0) is 22.3 Å². The molecule has 4 aromatic rings. The van der Waals surface area contributed by atoms with E-state index in [4.69, 9.17) is 4.74 Å². The number of aromatic carboxylic acids is 1. The molecule has 154 valence electrons. The second-order valence-corrected chi connectivity index (χ2v) is 7.76. The van der Waals surface area contributed by atoms with Gasteiger partial charge in [0.15, 0.2) is 5.82 Å². The number of aromatic nitrogens is 3. The Balaban J connectivity index is 1.37. The number of hydrogen-bond acceptors (Lipinski definition) is 6. The van der Waals surface area contributed by atoms with Gasteiger partial charge in [0, 0.05) is 17.5 Å². The highest BCUT2D eigenvalue weighted by Crippen LogP contribution is 2.44. The van der Waals surface area contributed by atoms with Crippen LogP contribution in [-0.2, 0) is 4.74 Å². The Morgan fingerprint density at radius 1 is 1.10 bits per heavy atom. The molecule has 0 radical (unpaired) electrons. The lowest BCUT2D eigenvalue weighted by molar-refractivity contribution is 0.0698. The summed E-state index contributed by atoms with van der Waals surface area (Å²) in [4.78, 5) is 28.3. The summed E-state index contributed by atoms with van der Waals surface area (Å²) >= 11 is 1.26. The number of amides is 1. The Bertz CT molecular complexity index is 1240. The molecule has 0 saturated heterocycles. The third-order valence-electron chi connectivity index (χ3n) is 5.16. The third-order valence-corrected chi connectivity index (χ3v) is 5.91.